The van der Waals surface area contributed by atoms with Gasteiger partial charge in [0.1, 0.15) is 0 Å². The van der Waals surface area contributed by atoms with Crippen LogP contribution < -0.4 is 0 Å². The Balaban J connectivity index is 2.68. The first-order chi connectivity index (χ1) is 8.33. The summed E-state index contributed by atoms with van der Waals surface area (Å²) in [6.07, 6.45) is 1.95. The van der Waals surface area contributed by atoms with Crippen molar-refractivity contribution < 1.29 is 9.90 Å². The quantitative estimate of drug-likeness (QED) is 0.922. The first-order valence-electron chi connectivity index (χ1n) is 5.79. The highest BCUT2D eigenvalue weighted by atomic mass is 35.5. The van der Waals surface area contributed by atoms with Crippen LogP contribution in [0.2, 0.25) is 5.02 Å². The number of aromatic nitrogens is 1. The standard InChI is InChI=1S/C14H16ClNO2/c1-14(2,7-12(17)18)10-6-4-5-9-11(15)8-16(3)13(9)10/h4-6,8H,7H2,1-3H3,(H,17,18). The van der Waals surface area contributed by atoms with Crippen LogP contribution in [0.4, 0.5) is 0 Å². The Morgan fingerprint density at radius 1 is 1.44 bits per heavy atom. The molecular weight excluding hydrogens is 250 g/mol. The summed E-state index contributed by atoms with van der Waals surface area (Å²) in [5.41, 5.74) is 1.59. The number of rotatable bonds is 3. The van der Waals surface area contributed by atoms with E-state index in [-0.39, 0.29) is 6.42 Å². The molecule has 0 saturated carbocycles. The molecule has 0 spiro atoms. The van der Waals surface area contributed by atoms with Gasteiger partial charge in [0, 0.05) is 24.0 Å². The van der Waals surface area contributed by atoms with Gasteiger partial charge < -0.3 is 9.67 Å². The number of hydrogen-bond acceptors (Lipinski definition) is 1. The number of carboxylic acid groups (broad SMARTS) is 1. The minimum atomic E-state index is -0.794. The fraction of sp³-hybridized carbons (Fsp3) is 0.357. The van der Waals surface area contributed by atoms with Gasteiger partial charge in [-0.25, -0.2) is 0 Å². The molecule has 0 amide bonds. The zero-order valence-corrected chi connectivity index (χ0v) is 11.5. The summed E-state index contributed by atoms with van der Waals surface area (Å²) in [5, 5.41) is 10.7. The minimum absolute atomic E-state index is 0.0922. The van der Waals surface area contributed by atoms with Gasteiger partial charge in [-0.3, -0.25) is 4.79 Å². The molecule has 0 aliphatic carbocycles. The molecule has 0 fully saturated rings. The average Bonchev–Trinajstić information content (AvgIpc) is 2.53. The highest BCUT2D eigenvalue weighted by Gasteiger charge is 2.27. The molecule has 96 valence electrons. The minimum Gasteiger partial charge on any atom is -0.481 e. The lowest BCUT2D eigenvalue weighted by molar-refractivity contribution is -0.138. The molecule has 1 aromatic carbocycles. The molecule has 0 atom stereocenters. The van der Waals surface area contributed by atoms with Crippen LogP contribution in [0.3, 0.4) is 0 Å². The van der Waals surface area contributed by atoms with Gasteiger partial charge in [-0.15, -0.1) is 0 Å². The Labute approximate surface area is 111 Å². The molecular formula is C14H16ClNO2. The van der Waals surface area contributed by atoms with Crippen molar-refractivity contribution in [3.8, 4) is 0 Å². The van der Waals surface area contributed by atoms with Gasteiger partial charge in [0.2, 0.25) is 0 Å². The number of hydrogen-bond donors (Lipinski definition) is 1. The van der Waals surface area contributed by atoms with Gasteiger partial charge in [0.05, 0.1) is 17.0 Å². The van der Waals surface area contributed by atoms with E-state index in [1.807, 2.05) is 49.9 Å². The number of para-hydroxylation sites is 1. The van der Waals surface area contributed by atoms with E-state index in [1.165, 1.54) is 0 Å². The lowest BCUT2D eigenvalue weighted by Gasteiger charge is -2.24. The topological polar surface area (TPSA) is 42.2 Å². The monoisotopic (exact) mass is 265 g/mol. The maximum atomic E-state index is 11.0. The summed E-state index contributed by atoms with van der Waals surface area (Å²) in [7, 11) is 1.93. The summed E-state index contributed by atoms with van der Waals surface area (Å²) in [6, 6.07) is 5.85. The molecule has 2 rings (SSSR count). The third-order valence-electron chi connectivity index (χ3n) is 3.28. The molecule has 1 heterocycles. The number of aliphatic carboxylic acids is 1. The number of benzene rings is 1. The third kappa shape index (κ3) is 2.10. The number of aryl methyl sites for hydroxylation is 1. The second kappa shape index (κ2) is 4.32. The van der Waals surface area contributed by atoms with E-state index in [0.717, 1.165) is 16.5 Å². The fourth-order valence-corrected chi connectivity index (χ4v) is 2.74. The van der Waals surface area contributed by atoms with Crippen molar-refractivity contribution >= 4 is 28.5 Å². The zero-order chi connectivity index (χ0) is 13.5. The van der Waals surface area contributed by atoms with Crippen LogP contribution in [0.5, 0.6) is 0 Å². The number of nitrogens with zero attached hydrogens (tertiary/aromatic N) is 1. The van der Waals surface area contributed by atoms with Crippen molar-refractivity contribution in [1.82, 2.24) is 4.57 Å². The van der Waals surface area contributed by atoms with Crippen molar-refractivity contribution in [2.75, 3.05) is 0 Å². The van der Waals surface area contributed by atoms with E-state index < -0.39 is 11.4 Å². The fourth-order valence-electron chi connectivity index (χ4n) is 2.44. The van der Waals surface area contributed by atoms with Gasteiger partial charge in [0.25, 0.3) is 0 Å². The van der Waals surface area contributed by atoms with E-state index in [4.69, 9.17) is 16.7 Å². The Hall–Kier alpha value is -1.48. The summed E-state index contributed by atoms with van der Waals surface area (Å²) in [4.78, 5) is 11.0. The molecule has 1 aromatic heterocycles. The normalized spacial score (nSPS) is 12.0. The van der Waals surface area contributed by atoms with Crippen LogP contribution in [0.1, 0.15) is 25.8 Å². The van der Waals surface area contributed by atoms with Crippen LogP contribution >= 0.6 is 11.6 Å². The highest BCUT2D eigenvalue weighted by molar-refractivity contribution is 6.35. The SMILES string of the molecule is Cn1cc(Cl)c2cccc(C(C)(C)CC(=O)O)c21. The van der Waals surface area contributed by atoms with E-state index in [0.29, 0.717) is 5.02 Å². The van der Waals surface area contributed by atoms with Crippen LogP contribution in [0.15, 0.2) is 24.4 Å². The maximum Gasteiger partial charge on any atom is 0.304 e. The molecule has 4 heteroatoms. The molecule has 0 unspecified atom stereocenters. The van der Waals surface area contributed by atoms with E-state index in [9.17, 15) is 4.79 Å². The number of halogens is 1. The second-order valence-electron chi connectivity index (χ2n) is 5.24. The highest BCUT2D eigenvalue weighted by Crippen LogP contribution is 2.36. The number of carbonyl (C=O) groups is 1. The van der Waals surface area contributed by atoms with Gasteiger partial charge >= 0.3 is 5.97 Å². The Bertz CT molecular complexity index is 614. The molecule has 2 aromatic rings. The summed E-state index contributed by atoms with van der Waals surface area (Å²) < 4.78 is 1.95. The maximum absolute atomic E-state index is 11.0. The van der Waals surface area contributed by atoms with Crippen molar-refractivity contribution in [2.24, 2.45) is 7.05 Å². The van der Waals surface area contributed by atoms with Crippen LogP contribution in [-0.2, 0) is 17.3 Å². The first kappa shape index (κ1) is 13.0. The van der Waals surface area contributed by atoms with Gasteiger partial charge in [-0.05, 0) is 5.56 Å². The van der Waals surface area contributed by atoms with E-state index >= 15 is 0 Å². The molecule has 18 heavy (non-hydrogen) atoms. The van der Waals surface area contributed by atoms with E-state index in [2.05, 4.69) is 0 Å². The Morgan fingerprint density at radius 3 is 2.72 bits per heavy atom. The van der Waals surface area contributed by atoms with Crippen molar-refractivity contribution in [3.05, 3.63) is 35.0 Å². The van der Waals surface area contributed by atoms with Crippen molar-refractivity contribution in [3.63, 3.8) is 0 Å². The first-order valence-corrected chi connectivity index (χ1v) is 6.16. The Kier molecular flexibility index (Phi) is 3.11. The summed E-state index contributed by atoms with van der Waals surface area (Å²) in [5.74, 6) is -0.794. The summed E-state index contributed by atoms with van der Waals surface area (Å²) in [6.45, 7) is 3.88. The van der Waals surface area contributed by atoms with Crippen LogP contribution in [0.25, 0.3) is 10.9 Å². The predicted octanol–water partition coefficient (Wildman–Crippen LogP) is 3.58. The number of carboxylic acids is 1. The lowest BCUT2D eigenvalue weighted by atomic mass is 9.80. The molecule has 0 aliphatic heterocycles. The molecule has 1 N–H and O–H groups in total. The molecule has 0 bridgehead atoms. The molecule has 3 nitrogen and oxygen atoms in total. The lowest BCUT2D eigenvalue weighted by Crippen LogP contribution is -2.22. The van der Waals surface area contributed by atoms with Gasteiger partial charge in [-0.1, -0.05) is 43.6 Å². The molecule has 0 aliphatic rings. The van der Waals surface area contributed by atoms with Crippen LogP contribution in [0, 0.1) is 0 Å². The predicted molar refractivity (Wildman–Crippen MR) is 73.2 cm³/mol. The zero-order valence-electron chi connectivity index (χ0n) is 10.7. The molecule has 0 saturated heterocycles. The smallest absolute Gasteiger partial charge is 0.304 e. The average molecular weight is 266 g/mol. The summed E-state index contributed by atoms with van der Waals surface area (Å²) >= 11 is 6.17. The van der Waals surface area contributed by atoms with E-state index in [1.54, 1.807) is 0 Å². The number of fused-ring (bicyclic) bond motifs is 1. The molecule has 0 radical (unpaired) electrons. The largest absolute Gasteiger partial charge is 0.481 e. The Morgan fingerprint density at radius 2 is 2.11 bits per heavy atom. The van der Waals surface area contributed by atoms with Gasteiger partial charge in [0.15, 0.2) is 0 Å². The third-order valence-corrected chi connectivity index (χ3v) is 3.58. The van der Waals surface area contributed by atoms with Crippen molar-refractivity contribution in [1.29, 1.82) is 0 Å². The van der Waals surface area contributed by atoms with Crippen molar-refractivity contribution in [2.45, 2.75) is 25.7 Å². The van der Waals surface area contributed by atoms with Gasteiger partial charge in [-0.2, -0.15) is 0 Å². The van der Waals surface area contributed by atoms with Crippen LogP contribution in [-0.4, -0.2) is 15.6 Å². The second-order valence-corrected chi connectivity index (χ2v) is 5.65.